The minimum absolute atomic E-state index is 0.0238. The fourth-order valence-electron chi connectivity index (χ4n) is 2.14. The minimum Gasteiger partial charge on any atom is -0.497 e. The van der Waals surface area contributed by atoms with Crippen LogP contribution in [0.15, 0.2) is 35.2 Å². The third kappa shape index (κ3) is 4.40. The molecular weight excluding hydrogens is 334 g/mol. The fraction of sp³-hybridized carbons (Fsp3) is 0.312. The normalized spacial score (nSPS) is 11.4. The molecule has 5 nitrogen and oxygen atoms in total. The summed E-state index contributed by atoms with van der Waals surface area (Å²) in [6.07, 6.45) is 0.548. The van der Waals surface area contributed by atoms with Crippen molar-refractivity contribution in [3.63, 3.8) is 0 Å². The first kappa shape index (κ1) is 17.7. The molecule has 0 unspecified atom stereocenters. The van der Waals surface area contributed by atoms with Gasteiger partial charge in [0.15, 0.2) is 5.78 Å². The van der Waals surface area contributed by atoms with Gasteiger partial charge in [0.25, 0.3) is 0 Å². The van der Waals surface area contributed by atoms with Gasteiger partial charge in [-0.25, -0.2) is 13.1 Å². The Morgan fingerprint density at radius 2 is 2.00 bits per heavy atom. The van der Waals surface area contributed by atoms with Crippen molar-refractivity contribution in [2.45, 2.75) is 25.2 Å². The Labute approximate surface area is 140 Å². The van der Waals surface area contributed by atoms with E-state index in [9.17, 15) is 13.2 Å². The number of sulfonamides is 1. The summed E-state index contributed by atoms with van der Waals surface area (Å²) in [5.74, 6) is 0.646. The predicted octanol–water partition coefficient (Wildman–Crippen LogP) is 2.79. The van der Waals surface area contributed by atoms with Crippen molar-refractivity contribution in [2.75, 3.05) is 13.7 Å². The van der Waals surface area contributed by atoms with Gasteiger partial charge in [0.2, 0.25) is 10.0 Å². The van der Waals surface area contributed by atoms with E-state index in [2.05, 4.69) is 4.72 Å². The summed E-state index contributed by atoms with van der Waals surface area (Å²) in [5, 5.41) is 0. The van der Waals surface area contributed by atoms with Gasteiger partial charge in [-0.1, -0.05) is 0 Å². The van der Waals surface area contributed by atoms with Crippen LogP contribution in [0.25, 0.3) is 0 Å². The zero-order valence-corrected chi connectivity index (χ0v) is 14.9. The van der Waals surface area contributed by atoms with E-state index in [1.54, 1.807) is 25.1 Å². The number of thiophene rings is 1. The molecule has 0 spiro atoms. The van der Waals surface area contributed by atoms with Crippen LogP contribution in [-0.2, 0) is 16.4 Å². The van der Waals surface area contributed by atoms with E-state index in [1.807, 2.05) is 6.07 Å². The van der Waals surface area contributed by atoms with Crippen LogP contribution >= 0.6 is 11.3 Å². The van der Waals surface area contributed by atoms with Gasteiger partial charge in [-0.3, -0.25) is 4.79 Å². The Hall–Kier alpha value is -1.70. The topological polar surface area (TPSA) is 72.5 Å². The summed E-state index contributed by atoms with van der Waals surface area (Å²) in [6, 6.07) is 8.47. The lowest BCUT2D eigenvalue weighted by molar-refractivity contribution is 0.102. The molecule has 2 rings (SSSR count). The van der Waals surface area contributed by atoms with Crippen LogP contribution in [0, 0.1) is 6.92 Å². The molecule has 0 amide bonds. The number of carbonyl (C=O) groups excluding carboxylic acids is 1. The van der Waals surface area contributed by atoms with Gasteiger partial charge in [-0.05, 0) is 56.2 Å². The molecule has 1 aromatic heterocycles. The molecule has 0 aliphatic carbocycles. The summed E-state index contributed by atoms with van der Waals surface area (Å²) in [7, 11) is -2.02. The average Bonchev–Trinajstić information content (AvgIpc) is 2.95. The van der Waals surface area contributed by atoms with Crippen molar-refractivity contribution in [2.24, 2.45) is 0 Å². The molecule has 124 valence electrons. The predicted molar refractivity (Wildman–Crippen MR) is 90.9 cm³/mol. The maximum Gasteiger partial charge on any atom is 0.240 e. The molecule has 0 bridgehead atoms. The second-order valence-electron chi connectivity index (χ2n) is 5.10. The summed E-state index contributed by atoms with van der Waals surface area (Å²) < 4.78 is 32.4. The van der Waals surface area contributed by atoms with Gasteiger partial charge in [0, 0.05) is 11.4 Å². The molecule has 1 heterocycles. The number of ketones is 1. The first-order valence-electron chi connectivity index (χ1n) is 7.07. The molecule has 1 aromatic carbocycles. The van der Waals surface area contributed by atoms with Gasteiger partial charge < -0.3 is 4.74 Å². The highest BCUT2D eigenvalue weighted by Gasteiger charge is 2.17. The quantitative estimate of drug-likeness (QED) is 0.777. The van der Waals surface area contributed by atoms with E-state index in [0.717, 1.165) is 4.88 Å². The second-order valence-corrected chi connectivity index (χ2v) is 8.01. The van der Waals surface area contributed by atoms with Gasteiger partial charge >= 0.3 is 0 Å². The average molecular weight is 353 g/mol. The zero-order chi connectivity index (χ0) is 17.0. The van der Waals surface area contributed by atoms with Crippen LogP contribution in [0.2, 0.25) is 0 Å². The van der Waals surface area contributed by atoms with Crippen molar-refractivity contribution >= 4 is 27.1 Å². The van der Waals surface area contributed by atoms with Gasteiger partial charge in [-0.2, -0.15) is 0 Å². The lowest BCUT2D eigenvalue weighted by atomic mass is 10.2. The monoisotopic (exact) mass is 353 g/mol. The number of benzene rings is 1. The Kier molecular flexibility index (Phi) is 5.56. The summed E-state index contributed by atoms with van der Waals surface area (Å²) in [6.45, 7) is 3.53. The van der Waals surface area contributed by atoms with Crippen LogP contribution in [0.3, 0.4) is 0 Å². The van der Waals surface area contributed by atoms with Crippen molar-refractivity contribution in [1.29, 1.82) is 0 Å². The number of carbonyl (C=O) groups is 1. The van der Waals surface area contributed by atoms with E-state index < -0.39 is 10.0 Å². The van der Waals surface area contributed by atoms with Gasteiger partial charge in [0.05, 0.1) is 16.9 Å². The highest BCUT2D eigenvalue weighted by molar-refractivity contribution is 7.89. The molecule has 0 saturated heterocycles. The first-order chi connectivity index (χ1) is 10.8. The lowest BCUT2D eigenvalue weighted by Crippen LogP contribution is -2.26. The van der Waals surface area contributed by atoms with Crippen molar-refractivity contribution in [1.82, 2.24) is 4.72 Å². The SMILES string of the molecule is COc1ccc(S(=O)(=O)NCCc2ccc(C(C)=O)s2)c(C)c1. The largest absolute Gasteiger partial charge is 0.497 e. The van der Waals surface area contributed by atoms with Crippen LogP contribution in [0.1, 0.15) is 27.0 Å². The zero-order valence-electron chi connectivity index (χ0n) is 13.3. The Morgan fingerprint density at radius 1 is 1.26 bits per heavy atom. The fourth-order valence-corrected chi connectivity index (χ4v) is 4.30. The van der Waals surface area contributed by atoms with Crippen LogP contribution in [-0.4, -0.2) is 27.9 Å². The lowest BCUT2D eigenvalue weighted by Gasteiger charge is -2.10. The highest BCUT2D eigenvalue weighted by atomic mass is 32.2. The van der Waals surface area contributed by atoms with Crippen molar-refractivity contribution in [3.8, 4) is 5.75 Å². The highest BCUT2D eigenvalue weighted by Crippen LogP contribution is 2.21. The molecule has 2 aromatic rings. The van der Waals surface area contributed by atoms with Crippen molar-refractivity contribution in [3.05, 3.63) is 45.6 Å². The Morgan fingerprint density at radius 3 is 2.57 bits per heavy atom. The molecule has 0 aliphatic rings. The van der Waals surface area contributed by atoms with Gasteiger partial charge in [0.1, 0.15) is 5.75 Å². The molecule has 23 heavy (non-hydrogen) atoms. The number of ether oxygens (including phenoxy) is 1. The number of hydrogen-bond donors (Lipinski definition) is 1. The summed E-state index contributed by atoms with van der Waals surface area (Å²) >= 11 is 1.39. The van der Waals surface area contributed by atoms with Gasteiger partial charge in [-0.15, -0.1) is 11.3 Å². The smallest absolute Gasteiger partial charge is 0.240 e. The van der Waals surface area contributed by atoms with E-state index in [-0.39, 0.29) is 17.2 Å². The maximum absolute atomic E-state index is 12.4. The molecule has 7 heteroatoms. The minimum atomic E-state index is -3.56. The molecule has 1 N–H and O–H groups in total. The van der Waals surface area contributed by atoms with E-state index in [1.165, 1.54) is 31.4 Å². The number of aryl methyl sites for hydroxylation is 1. The van der Waals surface area contributed by atoms with Crippen LogP contribution in [0.4, 0.5) is 0 Å². The number of Topliss-reactive ketones (excluding diaryl/α,β-unsaturated/α-hetero) is 1. The van der Waals surface area contributed by atoms with E-state index in [4.69, 9.17) is 4.74 Å². The third-order valence-corrected chi connectivity index (χ3v) is 6.21. The van der Waals surface area contributed by atoms with Crippen LogP contribution < -0.4 is 9.46 Å². The third-order valence-electron chi connectivity index (χ3n) is 3.34. The standard InChI is InChI=1S/C16H19NO4S2/c1-11-10-13(21-3)4-7-16(11)23(19,20)17-9-8-14-5-6-15(22-14)12(2)18/h4-7,10,17H,8-9H2,1-3H3. The Balaban J connectivity index is 2.02. The number of nitrogens with one attached hydrogen (secondary N) is 1. The second kappa shape index (κ2) is 7.25. The maximum atomic E-state index is 12.4. The summed E-state index contributed by atoms with van der Waals surface area (Å²) in [4.78, 5) is 13.2. The molecule has 0 aliphatic heterocycles. The molecular formula is C16H19NO4S2. The number of hydrogen-bond acceptors (Lipinski definition) is 5. The number of rotatable bonds is 7. The van der Waals surface area contributed by atoms with E-state index in [0.29, 0.717) is 22.6 Å². The first-order valence-corrected chi connectivity index (χ1v) is 9.37. The Bertz CT molecular complexity index is 809. The summed E-state index contributed by atoms with van der Waals surface area (Å²) in [5.41, 5.74) is 0.631. The molecule has 0 radical (unpaired) electrons. The molecule has 0 fully saturated rings. The molecule has 0 saturated carbocycles. The number of methoxy groups -OCH3 is 1. The van der Waals surface area contributed by atoms with Crippen molar-refractivity contribution < 1.29 is 17.9 Å². The molecule has 0 atom stereocenters. The van der Waals surface area contributed by atoms with E-state index >= 15 is 0 Å². The van der Waals surface area contributed by atoms with Crippen LogP contribution in [0.5, 0.6) is 5.75 Å².